The summed E-state index contributed by atoms with van der Waals surface area (Å²) in [5.41, 5.74) is 0.412. The van der Waals surface area contributed by atoms with Crippen molar-refractivity contribution in [1.82, 2.24) is 4.90 Å². The van der Waals surface area contributed by atoms with Crippen molar-refractivity contribution in [3.05, 3.63) is 90.0 Å². The number of hydrogen-bond acceptors (Lipinski definition) is 3. The molecule has 0 unspecified atom stereocenters. The molecule has 0 bridgehead atoms. The van der Waals surface area contributed by atoms with Crippen molar-refractivity contribution in [2.45, 2.75) is 24.0 Å². The van der Waals surface area contributed by atoms with Crippen molar-refractivity contribution < 1.29 is 26.4 Å². The van der Waals surface area contributed by atoms with Gasteiger partial charge in [-0.2, -0.15) is 13.2 Å². The molecule has 34 heavy (non-hydrogen) atoms. The number of alkyl halides is 3. The van der Waals surface area contributed by atoms with Gasteiger partial charge in [0.25, 0.3) is 10.0 Å². The Morgan fingerprint density at radius 3 is 2.35 bits per heavy atom. The first-order valence-electron chi connectivity index (χ1n) is 10.5. The number of hydrogen-bond donors (Lipinski definition) is 1. The van der Waals surface area contributed by atoms with Crippen molar-refractivity contribution in [2.75, 3.05) is 22.7 Å². The molecule has 1 fully saturated rings. The van der Waals surface area contributed by atoms with Crippen molar-refractivity contribution >= 4 is 27.4 Å². The highest BCUT2D eigenvalue weighted by Crippen LogP contribution is 2.30. The van der Waals surface area contributed by atoms with Crippen LogP contribution in [0.15, 0.2) is 83.8 Å². The fourth-order valence-corrected chi connectivity index (χ4v) is 4.86. The van der Waals surface area contributed by atoms with Gasteiger partial charge in [-0.15, -0.1) is 0 Å². The molecule has 6 nitrogen and oxygen atoms in total. The van der Waals surface area contributed by atoms with Crippen LogP contribution in [0, 0.1) is 0 Å². The second-order valence-corrected chi connectivity index (χ2v) is 9.56. The molecule has 3 aromatic carbocycles. The van der Waals surface area contributed by atoms with Gasteiger partial charge in [-0.1, -0.05) is 36.4 Å². The molecular formula is C24H22F3N3O3S. The maximum absolute atomic E-state index is 13.1. The van der Waals surface area contributed by atoms with Gasteiger partial charge >= 0.3 is 12.2 Å². The summed E-state index contributed by atoms with van der Waals surface area (Å²) in [6, 6.07) is 19.0. The molecule has 2 amide bonds. The molecule has 0 spiro atoms. The van der Waals surface area contributed by atoms with Crippen LogP contribution in [0.1, 0.15) is 17.5 Å². The zero-order valence-corrected chi connectivity index (χ0v) is 18.8. The van der Waals surface area contributed by atoms with Crippen molar-refractivity contribution in [1.29, 1.82) is 0 Å². The Kier molecular flexibility index (Phi) is 6.52. The molecule has 10 heteroatoms. The largest absolute Gasteiger partial charge is 0.416 e. The molecule has 1 saturated heterocycles. The molecule has 1 N–H and O–H groups in total. The van der Waals surface area contributed by atoms with Crippen LogP contribution in [0.4, 0.5) is 29.3 Å². The minimum Gasteiger partial charge on any atom is -0.320 e. The van der Waals surface area contributed by atoms with E-state index in [4.69, 9.17) is 0 Å². The topological polar surface area (TPSA) is 69.7 Å². The van der Waals surface area contributed by atoms with Crippen LogP contribution >= 0.6 is 0 Å². The molecule has 1 aliphatic heterocycles. The normalized spacial score (nSPS) is 14.9. The second-order valence-electron chi connectivity index (χ2n) is 7.88. The summed E-state index contributed by atoms with van der Waals surface area (Å²) in [7, 11) is -3.80. The quantitative estimate of drug-likeness (QED) is 0.508. The summed E-state index contributed by atoms with van der Waals surface area (Å²) in [6.45, 7) is 0.859. The smallest absolute Gasteiger partial charge is 0.320 e. The summed E-state index contributed by atoms with van der Waals surface area (Å²) in [5.74, 6) is 0. The number of amides is 2. The number of anilines is 2. The van der Waals surface area contributed by atoms with E-state index < -0.39 is 21.8 Å². The Morgan fingerprint density at radius 1 is 0.882 bits per heavy atom. The third-order valence-corrected chi connectivity index (χ3v) is 6.80. The van der Waals surface area contributed by atoms with Crippen LogP contribution in [0.2, 0.25) is 0 Å². The van der Waals surface area contributed by atoms with E-state index in [0.29, 0.717) is 36.4 Å². The standard InChI is InChI=1S/C24H22F3N3O3S/c25-24(26,27)19-8-4-7-18(15-19)17-29-13-6-14-30(23(29)31)21-10-5-9-20(16-21)28-34(32,33)22-11-2-1-3-12-22/h1-5,7-12,15-16,28H,6,13-14,17H2. The van der Waals surface area contributed by atoms with E-state index in [-0.39, 0.29) is 17.5 Å². The van der Waals surface area contributed by atoms with Crippen LogP contribution in [0.5, 0.6) is 0 Å². The van der Waals surface area contributed by atoms with Crippen LogP contribution < -0.4 is 9.62 Å². The van der Waals surface area contributed by atoms with Crippen molar-refractivity contribution in [2.24, 2.45) is 0 Å². The van der Waals surface area contributed by atoms with E-state index in [9.17, 15) is 26.4 Å². The SMILES string of the molecule is O=C1N(Cc2cccc(C(F)(F)F)c2)CCCN1c1cccc(NS(=O)(=O)c2ccccc2)c1. The monoisotopic (exact) mass is 489 g/mol. The zero-order valence-electron chi connectivity index (χ0n) is 18.0. The zero-order chi connectivity index (χ0) is 24.3. The summed E-state index contributed by atoms with van der Waals surface area (Å²) < 4.78 is 66.9. The molecule has 1 aliphatic rings. The lowest BCUT2D eigenvalue weighted by Gasteiger charge is -2.36. The average Bonchev–Trinajstić information content (AvgIpc) is 2.81. The van der Waals surface area contributed by atoms with E-state index in [2.05, 4.69) is 4.72 Å². The van der Waals surface area contributed by atoms with Gasteiger partial charge in [0, 0.05) is 25.3 Å². The lowest BCUT2D eigenvalue weighted by molar-refractivity contribution is -0.137. The Labute approximate surface area is 195 Å². The summed E-state index contributed by atoms with van der Waals surface area (Å²) in [5, 5.41) is 0. The first-order valence-corrected chi connectivity index (χ1v) is 12.0. The number of nitrogens with zero attached hydrogens (tertiary/aromatic N) is 2. The van der Waals surface area contributed by atoms with Gasteiger partial charge in [-0.25, -0.2) is 13.2 Å². The fraction of sp³-hybridized carbons (Fsp3) is 0.208. The minimum atomic E-state index is -4.46. The number of halogens is 3. The van der Waals surface area contributed by atoms with Gasteiger partial charge in [0.1, 0.15) is 0 Å². The summed E-state index contributed by atoms with van der Waals surface area (Å²) >= 11 is 0. The number of benzene rings is 3. The van der Waals surface area contributed by atoms with Crippen LogP contribution in [0.3, 0.4) is 0 Å². The summed E-state index contributed by atoms with van der Waals surface area (Å²) in [6.07, 6.45) is -3.84. The average molecular weight is 490 g/mol. The van der Waals surface area contributed by atoms with Gasteiger partial charge in [-0.05, 0) is 54.4 Å². The van der Waals surface area contributed by atoms with Gasteiger partial charge in [-0.3, -0.25) is 9.62 Å². The highest BCUT2D eigenvalue weighted by molar-refractivity contribution is 7.92. The fourth-order valence-electron chi connectivity index (χ4n) is 3.79. The Balaban J connectivity index is 1.51. The molecule has 1 heterocycles. The number of urea groups is 1. The third kappa shape index (κ3) is 5.33. The molecule has 3 aromatic rings. The van der Waals surface area contributed by atoms with E-state index in [1.807, 2.05) is 0 Å². The molecule has 0 radical (unpaired) electrons. The molecule has 0 saturated carbocycles. The number of sulfonamides is 1. The Bertz CT molecular complexity index is 1280. The van der Waals surface area contributed by atoms with Crippen LogP contribution in [-0.2, 0) is 22.7 Å². The molecule has 0 atom stereocenters. The minimum absolute atomic E-state index is 0.0413. The van der Waals surface area contributed by atoms with Gasteiger partial charge < -0.3 is 4.90 Å². The highest BCUT2D eigenvalue weighted by Gasteiger charge is 2.31. The van der Waals surface area contributed by atoms with Gasteiger partial charge in [0.2, 0.25) is 0 Å². The molecular weight excluding hydrogens is 467 g/mol. The van der Waals surface area contributed by atoms with Gasteiger partial charge in [0.15, 0.2) is 0 Å². The maximum Gasteiger partial charge on any atom is 0.416 e. The van der Waals surface area contributed by atoms with E-state index in [0.717, 1.165) is 12.1 Å². The number of carbonyl (C=O) groups excluding carboxylic acids is 1. The van der Waals surface area contributed by atoms with E-state index in [1.54, 1.807) is 48.5 Å². The third-order valence-electron chi connectivity index (χ3n) is 5.40. The Hall–Kier alpha value is -3.53. The van der Waals surface area contributed by atoms with Crippen LogP contribution in [0.25, 0.3) is 0 Å². The predicted octanol–water partition coefficient (Wildman–Crippen LogP) is 5.34. The lowest BCUT2D eigenvalue weighted by atomic mass is 10.1. The van der Waals surface area contributed by atoms with E-state index >= 15 is 0 Å². The highest BCUT2D eigenvalue weighted by atomic mass is 32.2. The van der Waals surface area contributed by atoms with Crippen LogP contribution in [-0.4, -0.2) is 32.4 Å². The van der Waals surface area contributed by atoms with E-state index in [1.165, 1.54) is 28.0 Å². The molecule has 0 aromatic heterocycles. The number of carbonyl (C=O) groups is 1. The Morgan fingerprint density at radius 2 is 1.62 bits per heavy atom. The van der Waals surface area contributed by atoms with Crippen molar-refractivity contribution in [3.8, 4) is 0 Å². The number of nitrogens with one attached hydrogen (secondary N) is 1. The number of rotatable bonds is 6. The maximum atomic E-state index is 13.1. The first-order chi connectivity index (χ1) is 16.1. The second kappa shape index (κ2) is 9.38. The molecule has 178 valence electrons. The molecule has 4 rings (SSSR count). The van der Waals surface area contributed by atoms with Crippen molar-refractivity contribution in [3.63, 3.8) is 0 Å². The summed E-state index contributed by atoms with van der Waals surface area (Å²) in [4.78, 5) is 16.2. The lowest BCUT2D eigenvalue weighted by Crippen LogP contribution is -2.49. The van der Waals surface area contributed by atoms with Gasteiger partial charge in [0.05, 0.1) is 16.1 Å². The molecule has 0 aliphatic carbocycles. The first kappa shape index (κ1) is 23.6. The predicted molar refractivity (Wildman–Crippen MR) is 123 cm³/mol.